The van der Waals surface area contributed by atoms with E-state index in [-0.39, 0.29) is 5.82 Å². The number of hydrogen-bond donors (Lipinski definition) is 0. The van der Waals surface area contributed by atoms with E-state index in [9.17, 15) is 4.39 Å². The summed E-state index contributed by atoms with van der Waals surface area (Å²) in [5.41, 5.74) is 3.25. The first kappa shape index (κ1) is 14.3. The molecule has 0 saturated heterocycles. The van der Waals surface area contributed by atoms with Gasteiger partial charge in [0.15, 0.2) is 0 Å². The second-order valence-corrected chi connectivity index (χ2v) is 16.8. The zero-order chi connectivity index (χ0) is 14.2. The van der Waals surface area contributed by atoms with E-state index >= 15 is 0 Å². The predicted octanol–water partition coefficient (Wildman–Crippen LogP) is 3.17. The van der Waals surface area contributed by atoms with Crippen LogP contribution in [0.5, 0.6) is 0 Å². The first-order valence-corrected chi connectivity index (χ1v) is 13.9. The van der Waals surface area contributed by atoms with Gasteiger partial charge < -0.3 is 0 Å². The van der Waals surface area contributed by atoms with E-state index in [1.165, 1.54) is 10.5 Å². The Morgan fingerprint density at radius 2 is 1.74 bits per heavy atom. The molecule has 0 unspecified atom stereocenters. The molecular weight excluding hydrogens is 298 g/mol. The van der Waals surface area contributed by atoms with E-state index in [2.05, 4.69) is 40.2 Å². The minimum absolute atomic E-state index is 0.173. The van der Waals surface area contributed by atoms with Gasteiger partial charge in [-0.3, -0.25) is 0 Å². The van der Waals surface area contributed by atoms with Gasteiger partial charge in [0.1, 0.15) is 0 Å². The van der Waals surface area contributed by atoms with Gasteiger partial charge in [0.25, 0.3) is 0 Å². The number of nitrogens with zero attached hydrogens (tertiary/aromatic N) is 1. The molecule has 0 saturated carbocycles. The van der Waals surface area contributed by atoms with Crippen molar-refractivity contribution in [2.75, 3.05) is 0 Å². The molecule has 0 radical (unpaired) electrons. The molecule has 0 aliphatic rings. The fraction of sp³-hybridized carbons (Fsp3) is 0.312. The van der Waals surface area contributed by atoms with Gasteiger partial charge in [-0.15, -0.1) is 0 Å². The van der Waals surface area contributed by atoms with Gasteiger partial charge in [0, 0.05) is 0 Å². The third-order valence-corrected chi connectivity index (χ3v) is 7.77. The molecule has 0 atom stereocenters. The van der Waals surface area contributed by atoms with E-state index < -0.39 is 13.3 Å². The molecule has 1 aromatic carbocycles. The van der Waals surface area contributed by atoms with Crippen LogP contribution in [0, 0.1) is 12.7 Å². The monoisotopic (exact) mass is 320 g/mol. The Hall–Kier alpha value is -1.16. The van der Waals surface area contributed by atoms with Gasteiger partial charge in [0.05, 0.1) is 0 Å². The Labute approximate surface area is 117 Å². The van der Waals surface area contributed by atoms with Crippen molar-refractivity contribution in [3.8, 4) is 11.3 Å². The molecule has 0 bridgehead atoms. The quantitative estimate of drug-likeness (QED) is 0.591. The average Bonchev–Trinajstić information content (AvgIpc) is 2.29. The second kappa shape index (κ2) is 5.08. The molecule has 0 fully saturated rings. The molecule has 3 heteroatoms. The molecule has 19 heavy (non-hydrogen) atoms. The molecule has 2 rings (SSSR count). The van der Waals surface area contributed by atoms with E-state index in [1.54, 1.807) is 6.07 Å². The van der Waals surface area contributed by atoms with Crippen molar-refractivity contribution in [2.24, 2.45) is 7.05 Å². The van der Waals surface area contributed by atoms with Crippen LogP contribution in [-0.4, -0.2) is 13.3 Å². The Morgan fingerprint density at radius 1 is 1.05 bits per heavy atom. The first-order chi connectivity index (χ1) is 8.79. The molecule has 0 aliphatic heterocycles. The van der Waals surface area contributed by atoms with Crippen molar-refractivity contribution >= 4 is 17.7 Å². The fourth-order valence-electron chi connectivity index (χ4n) is 2.22. The van der Waals surface area contributed by atoms with Crippen LogP contribution in [0.3, 0.4) is 0 Å². The number of hydrogen-bond acceptors (Lipinski definition) is 0. The van der Waals surface area contributed by atoms with Gasteiger partial charge in [-0.25, -0.2) is 0 Å². The van der Waals surface area contributed by atoms with E-state index in [0.29, 0.717) is 0 Å². The number of halogens is 1. The van der Waals surface area contributed by atoms with Crippen molar-refractivity contribution in [1.29, 1.82) is 0 Å². The van der Waals surface area contributed by atoms with Gasteiger partial charge in [-0.1, -0.05) is 0 Å². The minimum atomic E-state index is -1.84. The SMILES string of the molecule is Cc1cc(F)ccc1-c1c[c]([Ge]([CH3])([CH3])[CH3])cc[n+]1C. The zero-order valence-corrected chi connectivity index (χ0v) is 14.4. The summed E-state index contributed by atoms with van der Waals surface area (Å²) in [6.45, 7) is 1.96. The second-order valence-electron chi connectivity index (χ2n) is 6.12. The molecule has 1 aromatic heterocycles. The van der Waals surface area contributed by atoms with Crippen LogP contribution in [0.1, 0.15) is 5.56 Å². The summed E-state index contributed by atoms with van der Waals surface area (Å²) in [6, 6.07) is 9.51. The Morgan fingerprint density at radius 3 is 2.32 bits per heavy atom. The van der Waals surface area contributed by atoms with Crippen LogP contribution in [0.4, 0.5) is 4.39 Å². The number of aromatic nitrogens is 1. The Balaban J connectivity index is 2.61. The molecule has 0 amide bonds. The van der Waals surface area contributed by atoms with Crippen molar-refractivity contribution in [3.63, 3.8) is 0 Å². The summed E-state index contributed by atoms with van der Waals surface area (Å²) in [5.74, 6) is 6.98. The van der Waals surface area contributed by atoms with Crippen molar-refractivity contribution in [1.82, 2.24) is 0 Å². The van der Waals surface area contributed by atoms with Crippen LogP contribution in [-0.2, 0) is 7.05 Å². The molecule has 0 aliphatic carbocycles. The average molecular weight is 319 g/mol. The summed E-state index contributed by atoms with van der Waals surface area (Å²) in [5, 5.41) is 0. The number of pyridine rings is 1. The molecule has 0 spiro atoms. The topological polar surface area (TPSA) is 3.88 Å². The van der Waals surface area contributed by atoms with Crippen LogP contribution in [0.2, 0.25) is 17.3 Å². The van der Waals surface area contributed by atoms with E-state index in [1.807, 2.05) is 20.0 Å². The third-order valence-electron chi connectivity index (χ3n) is 3.48. The summed E-state index contributed by atoms with van der Waals surface area (Å²) in [6.07, 6.45) is 2.12. The first-order valence-electron chi connectivity index (χ1n) is 6.56. The predicted molar refractivity (Wildman–Crippen MR) is 80.7 cm³/mol. The van der Waals surface area contributed by atoms with Gasteiger partial charge >= 0.3 is 117 Å². The number of rotatable bonds is 2. The van der Waals surface area contributed by atoms with Gasteiger partial charge in [-0.05, 0) is 0 Å². The summed E-state index contributed by atoms with van der Waals surface area (Å²) in [7, 11) is 2.04. The van der Waals surface area contributed by atoms with Gasteiger partial charge in [0.2, 0.25) is 0 Å². The molecule has 2 aromatic rings. The third kappa shape index (κ3) is 3.06. The van der Waals surface area contributed by atoms with Crippen molar-refractivity contribution in [3.05, 3.63) is 47.9 Å². The number of benzene rings is 1. The summed E-state index contributed by atoms with van der Waals surface area (Å²) < 4.78 is 16.8. The Bertz CT molecular complexity index is 615. The van der Waals surface area contributed by atoms with Crippen molar-refractivity contribution < 1.29 is 8.96 Å². The zero-order valence-electron chi connectivity index (χ0n) is 12.3. The standard InChI is InChI=1S/C16H21FGeN/c1-12-10-13(17)6-7-15(12)16-11-14(18(2,3)4)8-9-19(16)5/h6-11H,1-5H3/q+1. The van der Waals surface area contributed by atoms with Gasteiger partial charge in [-0.2, -0.15) is 0 Å². The summed E-state index contributed by atoms with van der Waals surface area (Å²) >= 11 is -1.84. The molecule has 0 N–H and O–H groups in total. The normalized spacial score (nSPS) is 11.7. The van der Waals surface area contributed by atoms with Crippen molar-refractivity contribution in [2.45, 2.75) is 24.2 Å². The van der Waals surface area contributed by atoms with E-state index in [0.717, 1.165) is 16.8 Å². The summed E-state index contributed by atoms with van der Waals surface area (Å²) in [4.78, 5) is 0. The van der Waals surface area contributed by atoms with Crippen LogP contribution >= 0.6 is 0 Å². The molecule has 1 heterocycles. The Kier molecular flexibility index (Phi) is 3.81. The van der Waals surface area contributed by atoms with Crippen LogP contribution < -0.4 is 8.96 Å². The van der Waals surface area contributed by atoms with Crippen LogP contribution in [0.25, 0.3) is 11.3 Å². The maximum absolute atomic E-state index is 13.2. The van der Waals surface area contributed by atoms with Crippen LogP contribution in [0.15, 0.2) is 36.5 Å². The van der Waals surface area contributed by atoms with E-state index in [4.69, 9.17) is 0 Å². The molecule has 1 nitrogen and oxygen atoms in total. The maximum atomic E-state index is 13.2. The fourth-order valence-corrected chi connectivity index (χ4v) is 4.62. The molecule has 100 valence electrons. The molecular formula is C16H21FGeN+. The number of aryl methyl sites for hydroxylation is 2.